The normalized spacial score (nSPS) is 14.5. The van der Waals surface area contributed by atoms with Crippen LogP contribution in [0.5, 0.6) is 0 Å². The molecule has 0 N–H and O–H groups in total. The molecule has 0 saturated heterocycles. The number of hydrogen-bond donors (Lipinski definition) is 0. The van der Waals surface area contributed by atoms with Gasteiger partial charge < -0.3 is 18.6 Å². The monoisotopic (exact) mass is 420 g/mol. The third-order valence-electron chi connectivity index (χ3n) is 3.20. The zero-order chi connectivity index (χ0) is 20.9. The largest absolute Gasteiger partial charge is 0.389 e. The van der Waals surface area contributed by atoms with Crippen molar-refractivity contribution in [2.75, 3.05) is 0 Å². The third kappa shape index (κ3) is 17.5. The average Bonchev–Trinajstić information content (AvgIpc) is 2.50. The fourth-order valence-electron chi connectivity index (χ4n) is 1.81. The SMILES string of the molecule is C=N[SiH](CCCC(F)(F)F)N=C.C=N[Si](C)(CCCC(F)(F)F)N=CC. The lowest BCUT2D eigenvalue weighted by Crippen LogP contribution is -2.25. The first-order chi connectivity index (χ1) is 11.8. The Balaban J connectivity index is 0. The molecule has 26 heavy (non-hydrogen) atoms. The molecule has 0 aliphatic heterocycles. The lowest BCUT2D eigenvalue weighted by molar-refractivity contribution is -0.135. The van der Waals surface area contributed by atoms with E-state index in [0.29, 0.717) is 12.1 Å². The second-order valence-corrected chi connectivity index (χ2v) is 11.4. The molecule has 0 saturated carbocycles. The van der Waals surface area contributed by atoms with Gasteiger partial charge in [0.25, 0.3) is 17.5 Å². The van der Waals surface area contributed by atoms with Gasteiger partial charge in [-0.3, -0.25) is 0 Å². The van der Waals surface area contributed by atoms with Gasteiger partial charge in [0, 0.05) is 12.8 Å². The van der Waals surface area contributed by atoms with Crippen molar-refractivity contribution in [2.24, 2.45) is 18.6 Å². The molecule has 0 fully saturated rings. The van der Waals surface area contributed by atoms with Crippen LogP contribution in [0.3, 0.4) is 0 Å². The zero-order valence-electron chi connectivity index (χ0n) is 15.1. The predicted octanol–water partition coefficient (Wildman–Crippen LogP) is 5.14. The van der Waals surface area contributed by atoms with Crippen LogP contribution in [0, 0.1) is 0 Å². The van der Waals surface area contributed by atoms with Gasteiger partial charge in [-0.2, -0.15) is 26.3 Å². The highest BCUT2D eigenvalue weighted by atomic mass is 28.3. The molecule has 0 aromatic rings. The second kappa shape index (κ2) is 13.0. The lowest BCUT2D eigenvalue weighted by atomic mass is 10.3. The Kier molecular flexibility index (Phi) is 13.4. The molecule has 0 aromatic heterocycles. The van der Waals surface area contributed by atoms with E-state index in [1.165, 1.54) is 0 Å². The maximum absolute atomic E-state index is 11.9. The van der Waals surface area contributed by atoms with E-state index in [-0.39, 0.29) is 12.8 Å². The van der Waals surface area contributed by atoms with Gasteiger partial charge in [-0.1, -0.05) is 0 Å². The minimum Gasteiger partial charge on any atom is -0.314 e. The van der Waals surface area contributed by atoms with Crippen LogP contribution in [0.2, 0.25) is 18.6 Å². The van der Waals surface area contributed by atoms with Crippen molar-refractivity contribution in [1.82, 2.24) is 0 Å². The van der Waals surface area contributed by atoms with Crippen LogP contribution in [0.4, 0.5) is 26.3 Å². The molecule has 0 rings (SSSR count). The smallest absolute Gasteiger partial charge is 0.314 e. The van der Waals surface area contributed by atoms with E-state index in [9.17, 15) is 26.3 Å². The van der Waals surface area contributed by atoms with Gasteiger partial charge in [-0.25, -0.2) is 0 Å². The van der Waals surface area contributed by atoms with E-state index >= 15 is 0 Å². The summed E-state index contributed by atoms with van der Waals surface area (Å²) in [6.45, 7) is 13.4. The van der Waals surface area contributed by atoms with Crippen LogP contribution in [0.25, 0.3) is 0 Å². The van der Waals surface area contributed by atoms with Gasteiger partial charge in [-0.15, -0.1) is 0 Å². The number of hydrogen-bond acceptors (Lipinski definition) is 4. The Morgan fingerprint density at radius 3 is 1.73 bits per heavy atom. The second-order valence-electron chi connectivity index (χ2n) is 5.58. The van der Waals surface area contributed by atoms with E-state index in [2.05, 4.69) is 38.8 Å². The van der Waals surface area contributed by atoms with E-state index < -0.39 is 42.7 Å². The number of alkyl halides is 6. The van der Waals surface area contributed by atoms with Crippen molar-refractivity contribution in [3.63, 3.8) is 0 Å². The summed E-state index contributed by atoms with van der Waals surface area (Å²) in [4.78, 5) is 0. The highest BCUT2D eigenvalue weighted by Gasteiger charge is 2.30. The van der Waals surface area contributed by atoms with Crippen LogP contribution in [-0.2, 0) is 0 Å². The molecular weight excluding hydrogens is 394 g/mol. The topological polar surface area (TPSA) is 49.4 Å². The lowest BCUT2D eigenvalue weighted by Gasteiger charge is -2.16. The summed E-state index contributed by atoms with van der Waals surface area (Å²) in [6.07, 6.45) is -7.91. The minimum absolute atomic E-state index is 0.0818. The Labute approximate surface area is 153 Å². The average molecular weight is 421 g/mol. The van der Waals surface area contributed by atoms with Gasteiger partial charge in [-0.05, 0) is 64.8 Å². The molecular formula is C14H26F6N4Si2. The number of rotatable bonds is 10. The first-order valence-corrected chi connectivity index (χ1v) is 12.3. The van der Waals surface area contributed by atoms with Crippen molar-refractivity contribution in [3.05, 3.63) is 0 Å². The Bertz CT molecular complexity index is 446. The molecule has 4 nitrogen and oxygen atoms in total. The number of halogens is 6. The molecule has 1 unspecified atom stereocenters. The van der Waals surface area contributed by atoms with Gasteiger partial charge in [0.2, 0.25) is 0 Å². The summed E-state index contributed by atoms with van der Waals surface area (Å²) >= 11 is 0. The summed E-state index contributed by atoms with van der Waals surface area (Å²) in [6, 6.07) is 0.798. The molecule has 0 amide bonds. The van der Waals surface area contributed by atoms with Crippen LogP contribution in [0.15, 0.2) is 18.6 Å². The molecule has 0 radical (unpaired) electrons. The summed E-state index contributed by atoms with van der Waals surface area (Å²) in [5.74, 6) is 0. The molecule has 12 heteroatoms. The maximum Gasteiger partial charge on any atom is 0.389 e. The van der Waals surface area contributed by atoms with Gasteiger partial charge in [0.05, 0.1) is 0 Å². The predicted molar refractivity (Wildman–Crippen MR) is 102 cm³/mol. The van der Waals surface area contributed by atoms with Gasteiger partial charge in [0.1, 0.15) is 0 Å². The first kappa shape index (κ1) is 26.9. The standard InChI is InChI=1S/C8H15F3N2Si.C6H11F3N2Si/c1-4-13-14(3,12-2)7-5-6-8(9,10)11;1-10-12(11-2)5-3-4-6(7,8)9/h4H,2,5-7H2,1,3H3;12H,1-5H2. The summed E-state index contributed by atoms with van der Waals surface area (Å²) in [7, 11) is -3.99. The van der Waals surface area contributed by atoms with Crippen molar-refractivity contribution in [2.45, 2.75) is 63.6 Å². The van der Waals surface area contributed by atoms with Gasteiger partial charge in [0.15, 0.2) is 0 Å². The fraction of sp³-hybridized carbons (Fsp3) is 0.714. The third-order valence-corrected chi connectivity index (χ3v) is 7.77. The number of nitrogens with zero attached hydrogens (tertiary/aromatic N) is 4. The highest BCUT2D eigenvalue weighted by Crippen LogP contribution is 2.25. The van der Waals surface area contributed by atoms with Crippen LogP contribution in [-0.4, -0.2) is 56.2 Å². The van der Waals surface area contributed by atoms with Crippen LogP contribution in [0.1, 0.15) is 32.6 Å². The zero-order valence-corrected chi connectivity index (χ0v) is 17.2. The van der Waals surface area contributed by atoms with Crippen LogP contribution >= 0.6 is 0 Å². The fourth-order valence-corrected chi connectivity index (χ4v) is 4.63. The Morgan fingerprint density at radius 2 is 1.38 bits per heavy atom. The van der Waals surface area contributed by atoms with E-state index in [1.807, 2.05) is 0 Å². The van der Waals surface area contributed by atoms with Crippen molar-refractivity contribution in [1.29, 1.82) is 0 Å². The molecule has 0 aliphatic carbocycles. The Hall–Kier alpha value is -1.31. The maximum atomic E-state index is 11.9. The van der Waals surface area contributed by atoms with Crippen molar-refractivity contribution < 1.29 is 26.3 Å². The summed E-state index contributed by atoms with van der Waals surface area (Å²) in [5, 5.41) is 0. The molecule has 152 valence electrons. The van der Waals surface area contributed by atoms with Crippen LogP contribution < -0.4 is 0 Å². The molecule has 0 aromatic carbocycles. The van der Waals surface area contributed by atoms with E-state index in [1.54, 1.807) is 19.7 Å². The Morgan fingerprint density at radius 1 is 0.923 bits per heavy atom. The van der Waals surface area contributed by atoms with E-state index in [0.717, 1.165) is 0 Å². The van der Waals surface area contributed by atoms with Crippen molar-refractivity contribution in [3.8, 4) is 0 Å². The quantitative estimate of drug-likeness (QED) is 0.267. The highest BCUT2D eigenvalue weighted by molar-refractivity contribution is 6.76. The summed E-state index contributed by atoms with van der Waals surface area (Å²) in [5.41, 5.74) is 0. The minimum atomic E-state index is -4.08. The summed E-state index contributed by atoms with van der Waals surface area (Å²) < 4.78 is 85.7. The molecule has 0 heterocycles. The molecule has 0 bridgehead atoms. The molecule has 0 spiro atoms. The van der Waals surface area contributed by atoms with Gasteiger partial charge >= 0.3 is 12.4 Å². The first-order valence-electron chi connectivity index (χ1n) is 7.85. The molecule has 1 atom stereocenters. The van der Waals surface area contributed by atoms with E-state index in [4.69, 9.17) is 0 Å². The molecule has 0 aliphatic rings. The van der Waals surface area contributed by atoms with Crippen molar-refractivity contribution >= 4 is 43.9 Å².